The van der Waals surface area contributed by atoms with Crippen LogP contribution in [0.2, 0.25) is 0 Å². The van der Waals surface area contributed by atoms with Gasteiger partial charge < -0.3 is 21.1 Å². The fraction of sp³-hybridized carbons (Fsp3) is 0.250. The summed E-state index contributed by atoms with van der Waals surface area (Å²) in [7, 11) is 0. The molecule has 38 heavy (non-hydrogen) atoms. The summed E-state index contributed by atoms with van der Waals surface area (Å²) in [6, 6.07) is 20.9. The number of primary amides is 1. The summed E-state index contributed by atoms with van der Waals surface area (Å²) >= 11 is 0. The van der Waals surface area contributed by atoms with E-state index in [1.54, 1.807) is 21.7 Å². The first-order valence-electron chi connectivity index (χ1n) is 12.5. The summed E-state index contributed by atoms with van der Waals surface area (Å²) in [6.45, 7) is 3.74. The summed E-state index contributed by atoms with van der Waals surface area (Å²) in [6.07, 6.45) is 6.57. The van der Waals surface area contributed by atoms with Crippen LogP contribution in [-0.4, -0.2) is 54.6 Å². The minimum Gasteiger partial charge on any atom is -0.476 e. The van der Waals surface area contributed by atoms with Crippen molar-refractivity contribution in [1.82, 2.24) is 24.4 Å². The number of nitrogens with zero attached hydrogens (tertiary/aromatic N) is 5. The standard InChI is InChI=1S/C22H19N5O2.C6H12N2O/c1-15(16-8-4-2-5-9-16)24-22-23-13-12-19(26-22)27-14-18(21(28)29)25-20(27)17-10-6-3-7-11-17;7-6(9)8-4-2-1-3-5-8/h2-15H,1H3,(H,28,29)(H,23,24,26);1-5H2,(H2,7,9)/t15-;/m0./s1. The molecule has 2 aromatic carbocycles. The molecular weight excluding hydrogens is 482 g/mol. The highest BCUT2D eigenvalue weighted by molar-refractivity contribution is 5.86. The number of imidazole rings is 1. The second-order valence-corrected chi connectivity index (χ2v) is 8.89. The fourth-order valence-electron chi connectivity index (χ4n) is 4.13. The highest BCUT2D eigenvalue weighted by atomic mass is 16.4. The number of hydrogen-bond donors (Lipinski definition) is 3. The Morgan fingerprint density at radius 2 is 1.61 bits per heavy atom. The predicted molar refractivity (Wildman–Crippen MR) is 145 cm³/mol. The van der Waals surface area contributed by atoms with Gasteiger partial charge in [0.2, 0.25) is 5.95 Å². The van der Waals surface area contributed by atoms with E-state index >= 15 is 0 Å². The molecule has 0 spiro atoms. The second kappa shape index (κ2) is 12.5. The smallest absolute Gasteiger partial charge is 0.356 e. The van der Waals surface area contributed by atoms with Gasteiger partial charge in [-0.05, 0) is 37.8 Å². The van der Waals surface area contributed by atoms with Crippen molar-refractivity contribution in [2.75, 3.05) is 18.4 Å². The van der Waals surface area contributed by atoms with E-state index < -0.39 is 5.97 Å². The molecule has 2 amide bonds. The number of piperidine rings is 1. The Labute approximate surface area is 221 Å². The number of nitrogens with two attached hydrogens (primary N) is 1. The van der Waals surface area contributed by atoms with Crippen LogP contribution in [-0.2, 0) is 0 Å². The van der Waals surface area contributed by atoms with Crippen LogP contribution >= 0.6 is 0 Å². The van der Waals surface area contributed by atoms with Crippen molar-refractivity contribution in [3.63, 3.8) is 0 Å². The maximum atomic E-state index is 11.5. The van der Waals surface area contributed by atoms with Crippen molar-refractivity contribution in [3.05, 3.63) is 90.4 Å². The topological polar surface area (TPSA) is 139 Å². The molecule has 0 aliphatic carbocycles. The number of aromatic nitrogens is 4. The number of benzene rings is 2. The highest BCUT2D eigenvalue weighted by Crippen LogP contribution is 2.23. The number of carboxylic acids is 1. The van der Waals surface area contributed by atoms with E-state index in [2.05, 4.69) is 20.3 Å². The number of carboxylic acid groups (broad SMARTS) is 1. The Bertz CT molecular complexity index is 1350. The monoisotopic (exact) mass is 513 g/mol. The van der Waals surface area contributed by atoms with Gasteiger partial charge >= 0.3 is 12.0 Å². The summed E-state index contributed by atoms with van der Waals surface area (Å²) in [4.78, 5) is 36.8. The van der Waals surface area contributed by atoms with Crippen molar-refractivity contribution >= 4 is 17.9 Å². The maximum Gasteiger partial charge on any atom is 0.356 e. The number of hydrogen-bond acceptors (Lipinski definition) is 6. The molecule has 1 saturated heterocycles. The minimum atomic E-state index is -1.09. The number of aromatic carboxylic acids is 1. The predicted octanol–water partition coefficient (Wildman–Crippen LogP) is 4.75. The van der Waals surface area contributed by atoms with E-state index in [-0.39, 0.29) is 17.8 Å². The number of likely N-dealkylation sites (tertiary alicyclic amines) is 1. The average molecular weight is 514 g/mol. The molecule has 3 heterocycles. The van der Waals surface area contributed by atoms with Crippen molar-refractivity contribution in [2.45, 2.75) is 32.2 Å². The van der Waals surface area contributed by atoms with Crippen LogP contribution in [0.25, 0.3) is 17.2 Å². The molecule has 0 saturated carbocycles. The van der Waals surface area contributed by atoms with Crippen molar-refractivity contribution in [2.24, 2.45) is 5.73 Å². The van der Waals surface area contributed by atoms with Gasteiger partial charge in [0, 0.05) is 31.0 Å². The van der Waals surface area contributed by atoms with Crippen molar-refractivity contribution in [1.29, 1.82) is 0 Å². The largest absolute Gasteiger partial charge is 0.476 e. The van der Waals surface area contributed by atoms with Gasteiger partial charge in [0.1, 0.15) is 11.6 Å². The van der Waals surface area contributed by atoms with E-state index in [4.69, 9.17) is 5.73 Å². The maximum absolute atomic E-state index is 11.5. The normalized spacial score (nSPS) is 13.7. The lowest BCUT2D eigenvalue weighted by Gasteiger charge is -2.24. The molecule has 0 radical (unpaired) electrons. The van der Waals surface area contributed by atoms with Crippen LogP contribution in [0.15, 0.2) is 79.1 Å². The Kier molecular flexibility index (Phi) is 8.65. The van der Waals surface area contributed by atoms with Crippen LogP contribution in [0.4, 0.5) is 10.7 Å². The number of amides is 2. The number of urea groups is 1. The zero-order valence-corrected chi connectivity index (χ0v) is 21.2. The van der Waals surface area contributed by atoms with Crippen molar-refractivity contribution in [3.8, 4) is 17.2 Å². The molecular formula is C28H31N7O3. The summed E-state index contributed by atoms with van der Waals surface area (Å²) in [5, 5.41) is 12.7. The number of nitrogens with one attached hydrogen (secondary N) is 1. The van der Waals surface area contributed by atoms with Crippen LogP contribution in [0.5, 0.6) is 0 Å². The van der Waals surface area contributed by atoms with Gasteiger partial charge in [-0.1, -0.05) is 60.7 Å². The lowest BCUT2D eigenvalue weighted by atomic mass is 10.1. The molecule has 1 aliphatic rings. The Morgan fingerprint density at radius 1 is 0.947 bits per heavy atom. The lowest BCUT2D eigenvalue weighted by Crippen LogP contribution is -2.39. The molecule has 4 N–H and O–H groups in total. The number of rotatable bonds is 6. The first-order valence-corrected chi connectivity index (χ1v) is 12.5. The molecule has 10 nitrogen and oxygen atoms in total. The van der Waals surface area contributed by atoms with Gasteiger partial charge in [-0.15, -0.1) is 0 Å². The minimum absolute atomic E-state index is 0.0115. The molecule has 4 aromatic rings. The number of anilines is 1. The van der Waals surface area contributed by atoms with Crippen LogP contribution in [0.1, 0.15) is 48.3 Å². The zero-order chi connectivity index (χ0) is 26.9. The van der Waals surface area contributed by atoms with Gasteiger partial charge in [-0.2, -0.15) is 4.98 Å². The second-order valence-electron chi connectivity index (χ2n) is 8.89. The van der Waals surface area contributed by atoms with Crippen LogP contribution < -0.4 is 11.1 Å². The molecule has 2 aromatic heterocycles. The van der Waals surface area contributed by atoms with E-state index in [0.717, 1.165) is 37.1 Å². The van der Waals surface area contributed by atoms with Gasteiger partial charge in [0.15, 0.2) is 5.69 Å². The molecule has 1 aliphatic heterocycles. The summed E-state index contributed by atoms with van der Waals surface area (Å²) in [5.41, 5.74) is 6.92. The van der Waals surface area contributed by atoms with E-state index in [9.17, 15) is 14.7 Å². The Morgan fingerprint density at radius 3 is 2.21 bits per heavy atom. The SMILES string of the molecule is C[C@H](Nc1nccc(-n2cc(C(=O)O)nc2-c2ccccc2)n1)c1ccccc1.NC(=O)N1CCCCC1. The first-order chi connectivity index (χ1) is 18.4. The Hall–Kier alpha value is -4.73. The zero-order valence-electron chi connectivity index (χ0n) is 21.2. The quantitative estimate of drug-likeness (QED) is 0.338. The lowest BCUT2D eigenvalue weighted by molar-refractivity contribution is 0.0691. The third-order valence-corrected chi connectivity index (χ3v) is 6.16. The van der Waals surface area contributed by atoms with Gasteiger partial charge in [0.25, 0.3) is 0 Å². The summed E-state index contributed by atoms with van der Waals surface area (Å²) < 4.78 is 1.67. The van der Waals surface area contributed by atoms with Crippen LogP contribution in [0.3, 0.4) is 0 Å². The Balaban J connectivity index is 0.000000317. The number of carbonyl (C=O) groups excluding carboxylic acids is 1. The summed E-state index contributed by atoms with van der Waals surface area (Å²) in [5.74, 6) is 0.389. The van der Waals surface area contributed by atoms with Gasteiger partial charge in [0.05, 0.1) is 6.04 Å². The van der Waals surface area contributed by atoms with E-state index in [1.807, 2.05) is 67.6 Å². The fourth-order valence-corrected chi connectivity index (χ4v) is 4.13. The van der Waals surface area contributed by atoms with Crippen molar-refractivity contribution < 1.29 is 14.7 Å². The van der Waals surface area contributed by atoms with Gasteiger partial charge in [-0.25, -0.2) is 19.6 Å². The van der Waals surface area contributed by atoms with Gasteiger partial charge in [-0.3, -0.25) is 4.57 Å². The molecule has 196 valence electrons. The molecule has 1 fully saturated rings. The molecule has 5 rings (SSSR count). The first kappa shape index (κ1) is 26.3. The van der Waals surface area contributed by atoms with E-state index in [1.165, 1.54) is 12.6 Å². The molecule has 0 unspecified atom stereocenters. The third kappa shape index (κ3) is 6.73. The third-order valence-electron chi connectivity index (χ3n) is 6.16. The molecule has 10 heteroatoms. The molecule has 0 bridgehead atoms. The molecule has 1 atom stereocenters. The van der Waals surface area contributed by atoms with Crippen LogP contribution in [0, 0.1) is 0 Å². The van der Waals surface area contributed by atoms with E-state index in [0.29, 0.717) is 17.6 Å². The number of carbonyl (C=O) groups is 2. The highest BCUT2D eigenvalue weighted by Gasteiger charge is 2.17. The average Bonchev–Trinajstić information content (AvgIpc) is 3.41.